The first kappa shape index (κ1) is 21.8. The van der Waals surface area contributed by atoms with Gasteiger partial charge in [-0.25, -0.2) is 8.78 Å². The number of hydrogen-bond acceptors (Lipinski definition) is 4. The van der Waals surface area contributed by atoms with Crippen molar-refractivity contribution in [3.63, 3.8) is 0 Å². The lowest BCUT2D eigenvalue weighted by Crippen LogP contribution is -2.62. The molecular formula is C21H21ClF2N2O4. The van der Waals surface area contributed by atoms with E-state index in [1.165, 1.54) is 31.4 Å². The van der Waals surface area contributed by atoms with Crippen molar-refractivity contribution in [1.29, 1.82) is 0 Å². The summed E-state index contributed by atoms with van der Waals surface area (Å²) in [6.07, 6.45) is 0.968. The number of rotatable bonds is 7. The minimum Gasteiger partial charge on any atom is -0.497 e. The van der Waals surface area contributed by atoms with Gasteiger partial charge in [0, 0.05) is 23.7 Å². The summed E-state index contributed by atoms with van der Waals surface area (Å²) in [5, 5.41) is 5.55. The normalized spacial score (nSPS) is 20.1. The summed E-state index contributed by atoms with van der Waals surface area (Å²) in [6.45, 7) is 1.55. The van der Waals surface area contributed by atoms with Crippen molar-refractivity contribution in [3.05, 3.63) is 58.6 Å². The fraction of sp³-hybridized carbons (Fsp3) is 0.333. The fourth-order valence-electron chi connectivity index (χ4n) is 3.39. The summed E-state index contributed by atoms with van der Waals surface area (Å²) >= 11 is 5.60. The first-order valence-corrected chi connectivity index (χ1v) is 9.60. The first-order chi connectivity index (χ1) is 14.2. The van der Waals surface area contributed by atoms with Crippen LogP contribution in [0.25, 0.3) is 0 Å². The van der Waals surface area contributed by atoms with Gasteiger partial charge in [0.25, 0.3) is 11.8 Å². The molecule has 9 heteroatoms. The maximum atomic E-state index is 14.0. The number of carbonyl (C=O) groups is 2. The van der Waals surface area contributed by atoms with E-state index in [1.807, 2.05) is 6.92 Å². The molecule has 1 aliphatic carbocycles. The molecule has 160 valence electrons. The van der Waals surface area contributed by atoms with Crippen LogP contribution >= 0.6 is 11.6 Å². The van der Waals surface area contributed by atoms with Gasteiger partial charge in [0.05, 0.1) is 17.7 Å². The van der Waals surface area contributed by atoms with Crippen molar-refractivity contribution in [1.82, 2.24) is 10.6 Å². The molecule has 0 atom stereocenters. The molecule has 0 aromatic heterocycles. The molecule has 1 aliphatic rings. The number of ether oxygens (including phenoxy) is 2. The van der Waals surface area contributed by atoms with Crippen LogP contribution in [0.5, 0.6) is 11.5 Å². The maximum Gasteiger partial charge on any atom is 0.258 e. The third-order valence-corrected chi connectivity index (χ3v) is 5.16. The molecule has 3 rings (SSSR count). The molecule has 1 fully saturated rings. The lowest BCUT2D eigenvalue weighted by Gasteiger charge is -2.45. The second-order valence-electron chi connectivity index (χ2n) is 7.40. The molecule has 0 saturated heterocycles. The minimum atomic E-state index is -0.668. The molecule has 2 N–H and O–H groups in total. The van der Waals surface area contributed by atoms with Gasteiger partial charge in [-0.15, -0.1) is 0 Å². The predicted molar refractivity (Wildman–Crippen MR) is 107 cm³/mol. The second kappa shape index (κ2) is 8.87. The van der Waals surface area contributed by atoms with Crippen molar-refractivity contribution >= 4 is 23.4 Å². The molecule has 0 bridgehead atoms. The average Bonchev–Trinajstić information content (AvgIpc) is 2.67. The summed E-state index contributed by atoms with van der Waals surface area (Å²) < 4.78 is 37.6. The van der Waals surface area contributed by atoms with Gasteiger partial charge < -0.3 is 20.1 Å². The Bertz CT molecular complexity index is 964. The van der Waals surface area contributed by atoms with E-state index < -0.39 is 23.1 Å². The Morgan fingerprint density at radius 3 is 2.43 bits per heavy atom. The number of methoxy groups -OCH3 is 1. The van der Waals surface area contributed by atoms with E-state index >= 15 is 0 Å². The lowest BCUT2D eigenvalue weighted by atomic mass is 9.74. The van der Waals surface area contributed by atoms with Crippen LogP contribution in [0.4, 0.5) is 8.78 Å². The Morgan fingerprint density at radius 2 is 1.80 bits per heavy atom. The van der Waals surface area contributed by atoms with E-state index in [0.29, 0.717) is 18.6 Å². The molecule has 6 nitrogen and oxygen atoms in total. The highest BCUT2D eigenvalue weighted by molar-refractivity contribution is 6.30. The highest BCUT2D eigenvalue weighted by Crippen LogP contribution is 2.32. The SMILES string of the molecule is COc1ccc(C(=O)NC2CC(C)(NC(=O)COc3ccc(Cl)c(F)c3)C2)c(F)c1. The Morgan fingerprint density at radius 1 is 1.13 bits per heavy atom. The zero-order valence-corrected chi connectivity index (χ0v) is 17.2. The van der Waals surface area contributed by atoms with E-state index in [0.717, 1.165) is 12.1 Å². The van der Waals surface area contributed by atoms with E-state index in [4.69, 9.17) is 21.1 Å². The third-order valence-electron chi connectivity index (χ3n) is 4.85. The van der Waals surface area contributed by atoms with Gasteiger partial charge in [-0.2, -0.15) is 0 Å². The molecule has 0 radical (unpaired) electrons. The molecule has 0 aliphatic heterocycles. The van der Waals surface area contributed by atoms with E-state index in [2.05, 4.69) is 10.6 Å². The highest BCUT2D eigenvalue weighted by Gasteiger charge is 2.42. The number of hydrogen-bond donors (Lipinski definition) is 2. The molecule has 2 amide bonds. The van der Waals surface area contributed by atoms with Gasteiger partial charge >= 0.3 is 0 Å². The Balaban J connectivity index is 1.45. The molecule has 1 saturated carbocycles. The van der Waals surface area contributed by atoms with Gasteiger partial charge in [0.15, 0.2) is 6.61 Å². The van der Waals surface area contributed by atoms with E-state index in [9.17, 15) is 18.4 Å². The van der Waals surface area contributed by atoms with E-state index in [-0.39, 0.29) is 34.9 Å². The van der Waals surface area contributed by atoms with Crippen LogP contribution in [0.3, 0.4) is 0 Å². The largest absolute Gasteiger partial charge is 0.497 e. The number of halogens is 3. The van der Waals surface area contributed by atoms with Crippen LogP contribution in [0.1, 0.15) is 30.1 Å². The standard InChI is InChI=1S/C21H21ClF2N2O4/c1-21(26-19(27)11-30-14-4-6-16(22)18(24)8-14)9-12(10-21)25-20(28)15-5-3-13(29-2)7-17(15)23/h3-8,12H,9-11H2,1-2H3,(H,25,28)(H,26,27). The van der Waals surface area contributed by atoms with Gasteiger partial charge in [-0.3, -0.25) is 9.59 Å². The van der Waals surface area contributed by atoms with Crippen LogP contribution in [0.15, 0.2) is 36.4 Å². The molecule has 2 aromatic carbocycles. The minimum absolute atomic E-state index is 0.0311. The molecule has 2 aromatic rings. The average molecular weight is 439 g/mol. The zero-order valence-electron chi connectivity index (χ0n) is 16.4. The molecule has 0 spiro atoms. The first-order valence-electron chi connectivity index (χ1n) is 9.22. The molecule has 30 heavy (non-hydrogen) atoms. The number of nitrogens with one attached hydrogen (secondary N) is 2. The van der Waals surface area contributed by atoms with Crippen LogP contribution in [-0.2, 0) is 4.79 Å². The molecule has 0 unspecified atom stereocenters. The lowest BCUT2D eigenvalue weighted by molar-refractivity contribution is -0.126. The fourth-order valence-corrected chi connectivity index (χ4v) is 3.51. The Hall–Kier alpha value is -2.87. The van der Waals surface area contributed by atoms with Crippen molar-refractivity contribution in [2.75, 3.05) is 13.7 Å². The number of amides is 2. The van der Waals surface area contributed by atoms with Crippen LogP contribution < -0.4 is 20.1 Å². The summed E-state index contributed by atoms with van der Waals surface area (Å²) in [7, 11) is 1.41. The summed E-state index contributed by atoms with van der Waals surface area (Å²) in [5.74, 6) is -1.69. The van der Waals surface area contributed by atoms with Gasteiger partial charge in [-0.05, 0) is 44.0 Å². The quantitative estimate of drug-likeness (QED) is 0.694. The predicted octanol–water partition coefficient (Wildman–Crippen LogP) is 3.47. The second-order valence-corrected chi connectivity index (χ2v) is 7.81. The monoisotopic (exact) mass is 438 g/mol. The summed E-state index contributed by atoms with van der Waals surface area (Å²) in [4.78, 5) is 24.4. The van der Waals surface area contributed by atoms with Gasteiger partial charge in [0.1, 0.15) is 23.1 Å². The van der Waals surface area contributed by atoms with Gasteiger partial charge in [0.2, 0.25) is 0 Å². The molecule has 0 heterocycles. The topological polar surface area (TPSA) is 76.7 Å². The van der Waals surface area contributed by atoms with Gasteiger partial charge in [-0.1, -0.05) is 11.6 Å². The van der Waals surface area contributed by atoms with Crippen molar-refractivity contribution in [3.8, 4) is 11.5 Å². The highest BCUT2D eigenvalue weighted by atomic mass is 35.5. The Labute approximate surface area is 177 Å². The number of benzene rings is 2. The third kappa shape index (κ3) is 5.18. The number of carbonyl (C=O) groups excluding carboxylic acids is 2. The molecular weight excluding hydrogens is 418 g/mol. The van der Waals surface area contributed by atoms with Crippen molar-refractivity contribution < 1.29 is 27.8 Å². The Kier molecular flexibility index (Phi) is 6.45. The summed E-state index contributed by atoms with van der Waals surface area (Å²) in [6, 6.07) is 7.73. The smallest absolute Gasteiger partial charge is 0.258 e. The van der Waals surface area contributed by atoms with E-state index in [1.54, 1.807) is 0 Å². The van der Waals surface area contributed by atoms with Crippen molar-refractivity contribution in [2.45, 2.75) is 31.3 Å². The van der Waals surface area contributed by atoms with Crippen LogP contribution in [-0.4, -0.2) is 37.1 Å². The van der Waals surface area contributed by atoms with Crippen LogP contribution in [0, 0.1) is 11.6 Å². The summed E-state index contributed by atoms with van der Waals surface area (Å²) in [5.41, 5.74) is -0.598. The van der Waals surface area contributed by atoms with Crippen LogP contribution in [0.2, 0.25) is 5.02 Å². The maximum absolute atomic E-state index is 14.0. The zero-order chi connectivity index (χ0) is 21.9. The van der Waals surface area contributed by atoms with Crippen molar-refractivity contribution in [2.24, 2.45) is 0 Å².